The van der Waals surface area contributed by atoms with Gasteiger partial charge in [-0.05, 0) is 24.1 Å². The van der Waals surface area contributed by atoms with Crippen LogP contribution in [-0.2, 0) is 5.88 Å². The highest BCUT2D eigenvalue weighted by atomic mass is 35.5. The Morgan fingerprint density at radius 1 is 1.43 bits per heavy atom. The predicted molar refractivity (Wildman–Crippen MR) is 52.2 cm³/mol. The Balaban J connectivity index is 2.69. The molecule has 0 aliphatic heterocycles. The molecule has 1 aromatic rings. The molecule has 14 heavy (non-hydrogen) atoms. The molecule has 1 aromatic carbocycles. The number of ether oxygens (including phenoxy) is 1. The SMILES string of the molecule is Cc1cc(CCl)ccc1OCC(F)F. The molecular weight excluding hydrogens is 210 g/mol. The summed E-state index contributed by atoms with van der Waals surface area (Å²) in [4.78, 5) is 0. The molecule has 0 saturated heterocycles. The third-order valence-electron chi connectivity index (χ3n) is 1.76. The van der Waals surface area contributed by atoms with Gasteiger partial charge < -0.3 is 4.74 Å². The van der Waals surface area contributed by atoms with Gasteiger partial charge in [-0.1, -0.05) is 12.1 Å². The second-order valence-corrected chi connectivity index (χ2v) is 3.20. The van der Waals surface area contributed by atoms with Gasteiger partial charge in [0.25, 0.3) is 6.43 Å². The highest BCUT2D eigenvalue weighted by molar-refractivity contribution is 6.17. The fourth-order valence-electron chi connectivity index (χ4n) is 1.11. The minimum atomic E-state index is -2.44. The molecule has 0 spiro atoms. The number of halogens is 3. The van der Waals surface area contributed by atoms with Gasteiger partial charge >= 0.3 is 0 Å². The zero-order valence-electron chi connectivity index (χ0n) is 7.77. The molecule has 0 aliphatic carbocycles. The van der Waals surface area contributed by atoms with E-state index in [-0.39, 0.29) is 0 Å². The molecule has 0 heterocycles. The molecule has 0 saturated carbocycles. The van der Waals surface area contributed by atoms with E-state index >= 15 is 0 Å². The highest BCUT2D eigenvalue weighted by Crippen LogP contribution is 2.20. The van der Waals surface area contributed by atoms with E-state index in [1.54, 1.807) is 19.1 Å². The van der Waals surface area contributed by atoms with Gasteiger partial charge in [0.15, 0.2) is 0 Å². The van der Waals surface area contributed by atoms with Crippen LogP contribution in [-0.4, -0.2) is 13.0 Å². The van der Waals surface area contributed by atoms with Crippen molar-refractivity contribution in [2.45, 2.75) is 19.2 Å². The average Bonchev–Trinajstić information content (AvgIpc) is 2.15. The van der Waals surface area contributed by atoms with Crippen LogP contribution in [0, 0.1) is 6.92 Å². The normalized spacial score (nSPS) is 10.6. The number of alkyl halides is 3. The van der Waals surface area contributed by atoms with Crippen molar-refractivity contribution in [3.05, 3.63) is 29.3 Å². The Morgan fingerprint density at radius 2 is 2.14 bits per heavy atom. The van der Waals surface area contributed by atoms with Crippen LogP contribution < -0.4 is 4.74 Å². The van der Waals surface area contributed by atoms with E-state index in [0.717, 1.165) is 11.1 Å². The maximum Gasteiger partial charge on any atom is 0.272 e. The summed E-state index contributed by atoms with van der Waals surface area (Å²) >= 11 is 5.62. The molecule has 0 radical (unpaired) electrons. The predicted octanol–water partition coefficient (Wildman–Crippen LogP) is 3.38. The van der Waals surface area contributed by atoms with Gasteiger partial charge in [-0.2, -0.15) is 0 Å². The molecule has 4 heteroatoms. The van der Waals surface area contributed by atoms with Crippen LogP contribution in [0.1, 0.15) is 11.1 Å². The van der Waals surface area contributed by atoms with E-state index in [4.69, 9.17) is 16.3 Å². The van der Waals surface area contributed by atoms with E-state index < -0.39 is 13.0 Å². The van der Waals surface area contributed by atoms with Gasteiger partial charge in [-0.25, -0.2) is 8.78 Å². The van der Waals surface area contributed by atoms with E-state index in [0.29, 0.717) is 11.6 Å². The number of hydrogen-bond donors (Lipinski definition) is 0. The topological polar surface area (TPSA) is 9.23 Å². The molecule has 0 atom stereocenters. The number of rotatable bonds is 4. The van der Waals surface area contributed by atoms with Gasteiger partial charge in [-0.3, -0.25) is 0 Å². The lowest BCUT2D eigenvalue weighted by Gasteiger charge is -2.09. The minimum absolute atomic E-state index is 0.413. The van der Waals surface area contributed by atoms with Gasteiger partial charge in [-0.15, -0.1) is 11.6 Å². The standard InChI is InChI=1S/C10H11ClF2O/c1-7-4-8(5-11)2-3-9(7)14-6-10(12)13/h2-4,10H,5-6H2,1H3. The van der Waals surface area contributed by atoms with Crippen LogP contribution >= 0.6 is 11.6 Å². The molecule has 0 aromatic heterocycles. The fourth-order valence-corrected chi connectivity index (χ4v) is 1.28. The smallest absolute Gasteiger partial charge is 0.272 e. The monoisotopic (exact) mass is 220 g/mol. The fraction of sp³-hybridized carbons (Fsp3) is 0.400. The van der Waals surface area contributed by atoms with Crippen molar-refractivity contribution in [3.8, 4) is 5.75 Å². The lowest BCUT2D eigenvalue weighted by atomic mass is 10.1. The van der Waals surface area contributed by atoms with Crippen molar-refractivity contribution in [1.82, 2.24) is 0 Å². The first-order valence-corrected chi connectivity index (χ1v) is 4.73. The minimum Gasteiger partial charge on any atom is -0.487 e. The van der Waals surface area contributed by atoms with Crippen LogP contribution in [0.15, 0.2) is 18.2 Å². The second kappa shape index (κ2) is 5.15. The Bertz CT molecular complexity index is 302. The Hall–Kier alpha value is -0.830. The van der Waals surface area contributed by atoms with Gasteiger partial charge in [0.2, 0.25) is 0 Å². The van der Waals surface area contributed by atoms with Crippen molar-refractivity contribution >= 4 is 11.6 Å². The van der Waals surface area contributed by atoms with E-state index in [1.165, 1.54) is 0 Å². The molecule has 1 nitrogen and oxygen atoms in total. The van der Waals surface area contributed by atoms with Crippen LogP contribution in [0.4, 0.5) is 8.78 Å². The Labute approximate surface area is 86.6 Å². The Kier molecular flexibility index (Phi) is 4.14. The van der Waals surface area contributed by atoms with Crippen LogP contribution in [0.2, 0.25) is 0 Å². The number of benzene rings is 1. The number of hydrogen-bond acceptors (Lipinski definition) is 1. The third-order valence-corrected chi connectivity index (χ3v) is 2.07. The summed E-state index contributed by atoms with van der Waals surface area (Å²) in [6.07, 6.45) is -2.44. The molecule has 0 amide bonds. The lowest BCUT2D eigenvalue weighted by molar-refractivity contribution is 0.0816. The molecule has 0 fully saturated rings. The summed E-state index contributed by atoms with van der Waals surface area (Å²) < 4.78 is 28.6. The van der Waals surface area contributed by atoms with E-state index in [9.17, 15) is 8.78 Å². The first-order valence-electron chi connectivity index (χ1n) is 4.20. The van der Waals surface area contributed by atoms with Gasteiger partial charge in [0, 0.05) is 5.88 Å². The first-order chi connectivity index (χ1) is 6.63. The largest absolute Gasteiger partial charge is 0.487 e. The summed E-state index contributed by atoms with van der Waals surface area (Å²) in [6.45, 7) is 1.23. The van der Waals surface area contributed by atoms with Crippen molar-refractivity contribution in [2.75, 3.05) is 6.61 Å². The van der Waals surface area contributed by atoms with Crippen LogP contribution in [0.5, 0.6) is 5.75 Å². The summed E-state index contributed by atoms with van der Waals surface area (Å²) in [5, 5.41) is 0. The van der Waals surface area contributed by atoms with Crippen LogP contribution in [0.25, 0.3) is 0 Å². The molecule has 0 N–H and O–H groups in total. The van der Waals surface area contributed by atoms with E-state index in [2.05, 4.69) is 0 Å². The van der Waals surface area contributed by atoms with Crippen LogP contribution in [0.3, 0.4) is 0 Å². The van der Waals surface area contributed by atoms with E-state index in [1.807, 2.05) is 6.07 Å². The Morgan fingerprint density at radius 3 is 2.64 bits per heavy atom. The van der Waals surface area contributed by atoms with Gasteiger partial charge in [0.05, 0.1) is 0 Å². The summed E-state index contributed by atoms with van der Waals surface area (Å²) in [5.41, 5.74) is 1.78. The first kappa shape index (κ1) is 11.2. The zero-order chi connectivity index (χ0) is 10.6. The van der Waals surface area contributed by atoms with Crippen molar-refractivity contribution in [2.24, 2.45) is 0 Å². The molecule has 0 bridgehead atoms. The summed E-state index contributed by atoms with van der Waals surface area (Å²) in [5.74, 6) is 0.898. The lowest BCUT2D eigenvalue weighted by Crippen LogP contribution is -2.07. The summed E-state index contributed by atoms with van der Waals surface area (Å²) in [7, 11) is 0. The molecule has 78 valence electrons. The maximum atomic E-state index is 11.9. The van der Waals surface area contributed by atoms with Crippen molar-refractivity contribution in [1.29, 1.82) is 0 Å². The highest BCUT2D eigenvalue weighted by Gasteiger charge is 2.05. The molecule has 1 rings (SSSR count). The average molecular weight is 221 g/mol. The molecule has 0 unspecified atom stereocenters. The second-order valence-electron chi connectivity index (χ2n) is 2.94. The van der Waals surface area contributed by atoms with Gasteiger partial charge in [0.1, 0.15) is 12.4 Å². The molecular formula is C10H11ClF2O. The summed E-state index contributed by atoms with van der Waals surface area (Å²) in [6, 6.07) is 5.25. The van der Waals surface area contributed by atoms with Crippen molar-refractivity contribution in [3.63, 3.8) is 0 Å². The maximum absolute atomic E-state index is 11.9. The molecule has 0 aliphatic rings. The number of aryl methyl sites for hydroxylation is 1. The quantitative estimate of drug-likeness (QED) is 0.707. The third kappa shape index (κ3) is 3.14. The zero-order valence-corrected chi connectivity index (χ0v) is 8.52. The van der Waals surface area contributed by atoms with Crippen molar-refractivity contribution < 1.29 is 13.5 Å².